The molecule has 0 saturated heterocycles. The first-order valence-electron chi connectivity index (χ1n) is 5.99. The molecule has 0 bridgehead atoms. The van der Waals surface area contributed by atoms with Crippen molar-refractivity contribution >= 4 is 23.2 Å². The van der Waals surface area contributed by atoms with Crippen molar-refractivity contribution in [2.24, 2.45) is 0 Å². The maximum atomic E-state index is 12.1. The van der Waals surface area contributed by atoms with Crippen LogP contribution in [0.4, 0.5) is 5.69 Å². The van der Waals surface area contributed by atoms with Crippen LogP contribution in [-0.2, 0) is 0 Å². The van der Waals surface area contributed by atoms with Crippen molar-refractivity contribution in [2.75, 3.05) is 5.73 Å². The second-order valence-corrected chi connectivity index (χ2v) is 4.75. The number of carbonyl (C=O) groups is 1. The molecule has 0 aromatic heterocycles. The molecule has 0 aliphatic carbocycles. The Morgan fingerprint density at radius 3 is 2.53 bits per heavy atom. The first-order chi connectivity index (χ1) is 9.08. The zero-order valence-corrected chi connectivity index (χ0v) is 11.3. The normalized spacial score (nSPS) is 11.9. The first-order valence-corrected chi connectivity index (χ1v) is 6.36. The summed E-state index contributed by atoms with van der Waals surface area (Å²) in [7, 11) is 0. The summed E-state index contributed by atoms with van der Waals surface area (Å²) in [5, 5.41) is 3.27. The van der Waals surface area contributed by atoms with Crippen LogP contribution < -0.4 is 11.1 Å². The van der Waals surface area contributed by atoms with Gasteiger partial charge < -0.3 is 11.1 Å². The summed E-state index contributed by atoms with van der Waals surface area (Å²) in [4.78, 5) is 12.1. The Kier molecular flexibility index (Phi) is 4.07. The molecule has 0 heterocycles. The first kappa shape index (κ1) is 13.4. The van der Waals surface area contributed by atoms with E-state index in [1.165, 1.54) is 0 Å². The Morgan fingerprint density at radius 2 is 1.89 bits per heavy atom. The van der Waals surface area contributed by atoms with E-state index < -0.39 is 0 Å². The molecular formula is C15H15ClN2O. The van der Waals surface area contributed by atoms with Crippen molar-refractivity contribution in [1.29, 1.82) is 0 Å². The highest BCUT2D eigenvalue weighted by molar-refractivity contribution is 6.34. The van der Waals surface area contributed by atoms with Crippen LogP contribution >= 0.6 is 11.6 Å². The van der Waals surface area contributed by atoms with Crippen LogP contribution in [0, 0.1) is 0 Å². The number of anilines is 1. The van der Waals surface area contributed by atoms with Gasteiger partial charge in [-0.25, -0.2) is 0 Å². The molecule has 0 spiro atoms. The minimum absolute atomic E-state index is 0.0812. The molecule has 4 heteroatoms. The Morgan fingerprint density at radius 1 is 1.21 bits per heavy atom. The molecule has 1 atom stereocenters. The molecule has 0 saturated carbocycles. The molecular weight excluding hydrogens is 260 g/mol. The number of amides is 1. The van der Waals surface area contributed by atoms with E-state index in [4.69, 9.17) is 17.3 Å². The number of halogens is 1. The lowest BCUT2D eigenvalue weighted by molar-refractivity contribution is 0.0940. The molecule has 1 amide bonds. The summed E-state index contributed by atoms with van der Waals surface area (Å²) in [5.41, 5.74) is 7.62. The highest BCUT2D eigenvalue weighted by Crippen LogP contribution is 2.20. The Bertz CT molecular complexity index is 584. The minimum Gasteiger partial charge on any atom is -0.399 e. The number of benzene rings is 2. The predicted octanol–water partition coefficient (Wildman–Crippen LogP) is 3.41. The third kappa shape index (κ3) is 3.26. The third-order valence-electron chi connectivity index (χ3n) is 2.88. The minimum atomic E-state index is -0.207. The van der Waals surface area contributed by atoms with Gasteiger partial charge in [0, 0.05) is 5.69 Å². The lowest BCUT2D eigenvalue weighted by atomic mass is 10.1. The van der Waals surface area contributed by atoms with Gasteiger partial charge in [-0.2, -0.15) is 0 Å². The van der Waals surface area contributed by atoms with Gasteiger partial charge in [-0.3, -0.25) is 4.79 Å². The number of hydrogen-bond donors (Lipinski definition) is 2. The highest BCUT2D eigenvalue weighted by Gasteiger charge is 2.14. The van der Waals surface area contributed by atoms with Crippen LogP contribution in [0.2, 0.25) is 5.02 Å². The number of nitrogens with one attached hydrogen (secondary N) is 1. The molecule has 2 aromatic carbocycles. The maximum absolute atomic E-state index is 12.1. The fourth-order valence-electron chi connectivity index (χ4n) is 1.81. The lowest BCUT2D eigenvalue weighted by Gasteiger charge is -2.15. The summed E-state index contributed by atoms with van der Waals surface area (Å²) >= 11 is 6.01. The number of carbonyl (C=O) groups excluding carboxylic acids is 1. The molecule has 19 heavy (non-hydrogen) atoms. The number of rotatable bonds is 3. The average molecular weight is 275 g/mol. The zero-order valence-electron chi connectivity index (χ0n) is 10.6. The molecule has 2 aromatic rings. The summed E-state index contributed by atoms with van der Waals surface area (Å²) in [6.07, 6.45) is 0. The molecule has 1 unspecified atom stereocenters. The van der Waals surface area contributed by atoms with E-state index in [1.807, 2.05) is 37.3 Å². The fourth-order valence-corrected chi connectivity index (χ4v) is 2.09. The van der Waals surface area contributed by atoms with Gasteiger partial charge in [0.2, 0.25) is 0 Å². The molecule has 0 radical (unpaired) electrons. The van der Waals surface area contributed by atoms with E-state index >= 15 is 0 Å². The summed E-state index contributed by atoms with van der Waals surface area (Å²) in [6.45, 7) is 1.93. The Labute approximate surface area is 117 Å². The second kappa shape index (κ2) is 5.76. The van der Waals surface area contributed by atoms with Gasteiger partial charge in [0.15, 0.2) is 0 Å². The van der Waals surface area contributed by atoms with E-state index in [-0.39, 0.29) is 11.9 Å². The molecule has 0 aliphatic rings. The van der Waals surface area contributed by atoms with Crippen molar-refractivity contribution in [2.45, 2.75) is 13.0 Å². The van der Waals surface area contributed by atoms with Crippen molar-refractivity contribution in [3.63, 3.8) is 0 Å². The highest BCUT2D eigenvalue weighted by atomic mass is 35.5. The molecule has 0 fully saturated rings. The molecule has 3 nitrogen and oxygen atoms in total. The number of hydrogen-bond acceptors (Lipinski definition) is 2. The molecule has 98 valence electrons. The van der Waals surface area contributed by atoms with E-state index in [0.717, 1.165) is 5.56 Å². The van der Waals surface area contributed by atoms with Crippen LogP contribution in [0.5, 0.6) is 0 Å². The Balaban J connectivity index is 2.13. The quantitative estimate of drug-likeness (QED) is 0.843. The number of nitrogens with two attached hydrogens (primary N) is 1. The van der Waals surface area contributed by atoms with E-state index in [1.54, 1.807) is 18.2 Å². The second-order valence-electron chi connectivity index (χ2n) is 4.35. The predicted molar refractivity (Wildman–Crippen MR) is 78.2 cm³/mol. The largest absolute Gasteiger partial charge is 0.399 e. The Hall–Kier alpha value is -2.00. The van der Waals surface area contributed by atoms with Crippen LogP contribution in [0.3, 0.4) is 0 Å². The SMILES string of the molecule is CC(NC(=O)c1ccc(N)cc1Cl)c1ccccc1. The summed E-state index contributed by atoms with van der Waals surface area (Å²) in [6, 6.07) is 14.5. The van der Waals surface area contributed by atoms with Crippen LogP contribution in [0.25, 0.3) is 0 Å². The van der Waals surface area contributed by atoms with Gasteiger partial charge in [-0.1, -0.05) is 41.9 Å². The van der Waals surface area contributed by atoms with Gasteiger partial charge in [0.1, 0.15) is 0 Å². The number of nitrogen functional groups attached to an aromatic ring is 1. The maximum Gasteiger partial charge on any atom is 0.253 e. The lowest BCUT2D eigenvalue weighted by Crippen LogP contribution is -2.26. The van der Waals surface area contributed by atoms with E-state index in [9.17, 15) is 4.79 Å². The third-order valence-corrected chi connectivity index (χ3v) is 3.20. The van der Waals surface area contributed by atoms with Gasteiger partial charge in [0.05, 0.1) is 16.6 Å². The van der Waals surface area contributed by atoms with Gasteiger partial charge in [-0.05, 0) is 30.7 Å². The van der Waals surface area contributed by atoms with Gasteiger partial charge >= 0.3 is 0 Å². The molecule has 2 rings (SSSR count). The van der Waals surface area contributed by atoms with Crippen molar-refractivity contribution in [3.8, 4) is 0 Å². The van der Waals surface area contributed by atoms with Crippen molar-refractivity contribution in [3.05, 3.63) is 64.7 Å². The monoisotopic (exact) mass is 274 g/mol. The zero-order chi connectivity index (χ0) is 13.8. The fraction of sp³-hybridized carbons (Fsp3) is 0.133. The van der Waals surface area contributed by atoms with Crippen molar-refractivity contribution in [1.82, 2.24) is 5.32 Å². The van der Waals surface area contributed by atoms with E-state index in [2.05, 4.69) is 5.32 Å². The van der Waals surface area contributed by atoms with E-state index in [0.29, 0.717) is 16.3 Å². The molecule has 0 aliphatic heterocycles. The van der Waals surface area contributed by atoms with Gasteiger partial charge in [0.25, 0.3) is 5.91 Å². The van der Waals surface area contributed by atoms with Crippen LogP contribution in [0.1, 0.15) is 28.9 Å². The topological polar surface area (TPSA) is 55.1 Å². The standard InChI is InChI=1S/C15H15ClN2O/c1-10(11-5-3-2-4-6-11)18-15(19)13-8-7-12(17)9-14(13)16/h2-10H,17H2,1H3,(H,18,19). The summed E-state index contributed by atoms with van der Waals surface area (Å²) in [5.74, 6) is -0.207. The summed E-state index contributed by atoms with van der Waals surface area (Å²) < 4.78 is 0. The van der Waals surface area contributed by atoms with Crippen molar-refractivity contribution < 1.29 is 4.79 Å². The van der Waals surface area contributed by atoms with Crippen LogP contribution in [-0.4, -0.2) is 5.91 Å². The van der Waals surface area contributed by atoms with Crippen LogP contribution in [0.15, 0.2) is 48.5 Å². The van der Waals surface area contributed by atoms with Gasteiger partial charge in [-0.15, -0.1) is 0 Å². The molecule has 3 N–H and O–H groups in total. The smallest absolute Gasteiger partial charge is 0.253 e. The average Bonchev–Trinajstić information content (AvgIpc) is 2.39.